The zero-order valence-electron chi connectivity index (χ0n) is 14.3. The fourth-order valence-corrected chi connectivity index (χ4v) is 4.35. The molecule has 1 aromatic rings. The van der Waals surface area contributed by atoms with Gasteiger partial charge in [-0.15, -0.1) is 0 Å². The molecule has 24 heavy (non-hydrogen) atoms. The molecule has 1 N–H and O–H groups in total. The summed E-state index contributed by atoms with van der Waals surface area (Å²) in [7, 11) is -3.59. The molecule has 1 fully saturated rings. The Morgan fingerprint density at radius 3 is 2.29 bits per heavy atom. The minimum Gasteiger partial charge on any atom is -0.332 e. The molecule has 134 valence electrons. The SMILES string of the molecule is CC[NH+]1CCN(C(=O)[C@H](C)N(c2ccc(Cl)cc2)S(C)(=O)=O)CC1. The van der Waals surface area contributed by atoms with Crippen molar-refractivity contribution < 1.29 is 18.1 Å². The summed E-state index contributed by atoms with van der Waals surface area (Å²) in [6.45, 7) is 7.91. The summed E-state index contributed by atoms with van der Waals surface area (Å²) < 4.78 is 25.7. The molecule has 0 spiro atoms. The summed E-state index contributed by atoms with van der Waals surface area (Å²) >= 11 is 5.88. The molecule has 8 heteroatoms. The van der Waals surface area contributed by atoms with Gasteiger partial charge < -0.3 is 9.80 Å². The fraction of sp³-hybridized carbons (Fsp3) is 0.562. The fourth-order valence-electron chi connectivity index (χ4n) is 3.05. The van der Waals surface area contributed by atoms with E-state index in [1.807, 2.05) is 0 Å². The summed E-state index contributed by atoms with van der Waals surface area (Å²) in [6.07, 6.45) is 1.12. The van der Waals surface area contributed by atoms with Gasteiger partial charge >= 0.3 is 0 Å². The van der Waals surface area contributed by atoms with Crippen molar-refractivity contribution in [2.75, 3.05) is 43.3 Å². The highest BCUT2D eigenvalue weighted by atomic mass is 35.5. The maximum absolute atomic E-state index is 12.8. The largest absolute Gasteiger partial charge is 0.332 e. The molecule has 0 saturated carbocycles. The molecule has 0 unspecified atom stereocenters. The van der Waals surface area contributed by atoms with E-state index in [1.165, 1.54) is 9.21 Å². The van der Waals surface area contributed by atoms with E-state index in [2.05, 4.69) is 6.92 Å². The van der Waals surface area contributed by atoms with Crippen molar-refractivity contribution >= 4 is 33.2 Å². The van der Waals surface area contributed by atoms with Crippen LogP contribution in [0.4, 0.5) is 5.69 Å². The van der Waals surface area contributed by atoms with Gasteiger partial charge in [0.05, 0.1) is 44.7 Å². The van der Waals surface area contributed by atoms with Crippen molar-refractivity contribution in [3.63, 3.8) is 0 Å². The van der Waals surface area contributed by atoms with Crippen molar-refractivity contribution in [1.29, 1.82) is 0 Å². The number of sulfonamides is 1. The lowest BCUT2D eigenvalue weighted by Gasteiger charge is -2.36. The van der Waals surface area contributed by atoms with Crippen LogP contribution in [0.3, 0.4) is 0 Å². The van der Waals surface area contributed by atoms with Gasteiger partial charge in [-0.3, -0.25) is 9.10 Å². The zero-order valence-corrected chi connectivity index (χ0v) is 15.9. The first-order valence-electron chi connectivity index (χ1n) is 8.11. The van der Waals surface area contributed by atoms with Crippen LogP contribution in [0, 0.1) is 0 Å². The third kappa shape index (κ3) is 4.40. The van der Waals surface area contributed by atoms with Crippen LogP contribution in [0.5, 0.6) is 0 Å². The van der Waals surface area contributed by atoms with Crippen molar-refractivity contribution in [2.24, 2.45) is 0 Å². The predicted molar refractivity (Wildman–Crippen MR) is 96.1 cm³/mol. The summed E-state index contributed by atoms with van der Waals surface area (Å²) in [5.41, 5.74) is 0.445. The third-order valence-electron chi connectivity index (χ3n) is 4.43. The predicted octanol–water partition coefficient (Wildman–Crippen LogP) is 0.242. The minimum atomic E-state index is -3.59. The quantitative estimate of drug-likeness (QED) is 0.803. The van der Waals surface area contributed by atoms with Gasteiger partial charge in [0, 0.05) is 5.02 Å². The lowest BCUT2D eigenvalue weighted by molar-refractivity contribution is -0.902. The zero-order chi connectivity index (χ0) is 17.9. The summed E-state index contributed by atoms with van der Waals surface area (Å²) in [4.78, 5) is 16.0. The molecule has 1 amide bonds. The number of anilines is 1. The maximum atomic E-state index is 12.8. The van der Waals surface area contributed by atoms with Crippen molar-refractivity contribution in [3.05, 3.63) is 29.3 Å². The first-order valence-corrected chi connectivity index (χ1v) is 10.3. The summed E-state index contributed by atoms with van der Waals surface area (Å²) in [5, 5.41) is 0.518. The van der Waals surface area contributed by atoms with Gasteiger partial charge in [-0.25, -0.2) is 8.42 Å². The number of amides is 1. The average molecular weight is 375 g/mol. The molecule has 1 saturated heterocycles. The molecule has 1 atom stereocenters. The Morgan fingerprint density at radius 2 is 1.83 bits per heavy atom. The van der Waals surface area contributed by atoms with E-state index in [0.29, 0.717) is 23.8 Å². The molecule has 0 aliphatic carbocycles. The van der Waals surface area contributed by atoms with Crippen molar-refractivity contribution in [2.45, 2.75) is 19.9 Å². The van der Waals surface area contributed by atoms with E-state index in [-0.39, 0.29) is 5.91 Å². The molecular weight excluding hydrogens is 350 g/mol. The van der Waals surface area contributed by atoms with Crippen LogP contribution >= 0.6 is 11.6 Å². The lowest BCUT2D eigenvalue weighted by Crippen LogP contribution is -3.14. The van der Waals surface area contributed by atoms with E-state index in [0.717, 1.165) is 25.9 Å². The van der Waals surface area contributed by atoms with Crippen molar-refractivity contribution in [1.82, 2.24) is 4.90 Å². The van der Waals surface area contributed by atoms with Gasteiger partial charge in [-0.1, -0.05) is 11.6 Å². The van der Waals surface area contributed by atoms with Crippen LogP contribution in [-0.4, -0.2) is 64.2 Å². The number of halogens is 1. The third-order valence-corrected chi connectivity index (χ3v) is 5.92. The first-order chi connectivity index (χ1) is 11.2. The van der Waals surface area contributed by atoms with Gasteiger partial charge in [-0.2, -0.15) is 0 Å². The number of hydrogen-bond acceptors (Lipinski definition) is 3. The first kappa shape index (κ1) is 19.0. The summed E-state index contributed by atoms with van der Waals surface area (Å²) in [6, 6.07) is 5.69. The number of nitrogens with zero attached hydrogens (tertiary/aromatic N) is 2. The van der Waals surface area contributed by atoms with Crippen LogP contribution in [0.25, 0.3) is 0 Å². The summed E-state index contributed by atoms with van der Waals surface area (Å²) in [5.74, 6) is -0.162. The standard InChI is InChI=1S/C16H24ClN3O3S/c1-4-18-9-11-19(12-10-18)16(21)13(2)20(24(3,22)23)15-7-5-14(17)6-8-15/h5-8,13H,4,9-12H2,1-3H3/p+1/t13-/m0/s1. The molecule has 0 radical (unpaired) electrons. The Labute approximate surface area is 149 Å². The molecule has 1 heterocycles. The number of piperazine rings is 1. The molecule has 0 aromatic heterocycles. The number of nitrogens with one attached hydrogen (secondary N) is 1. The second kappa shape index (κ2) is 7.72. The number of carbonyl (C=O) groups excluding carboxylic acids is 1. The highest BCUT2D eigenvalue weighted by Gasteiger charge is 2.33. The van der Waals surface area contributed by atoms with Crippen molar-refractivity contribution in [3.8, 4) is 0 Å². The van der Waals surface area contributed by atoms with E-state index >= 15 is 0 Å². The van der Waals surface area contributed by atoms with Gasteiger partial charge in [-0.05, 0) is 38.1 Å². The molecule has 1 aliphatic heterocycles. The average Bonchev–Trinajstić information content (AvgIpc) is 2.55. The van der Waals surface area contributed by atoms with E-state index < -0.39 is 16.1 Å². The highest BCUT2D eigenvalue weighted by molar-refractivity contribution is 7.92. The Kier molecular flexibility index (Phi) is 6.11. The van der Waals surface area contributed by atoms with Crippen LogP contribution in [-0.2, 0) is 14.8 Å². The Hall–Kier alpha value is -1.31. The number of carbonyl (C=O) groups is 1. The number of likely N-dealkylation sites (N-methyl/N-ethyl adjacent to an activating group) is 1. The second-order valence-electron chi connectivity index (χ2n) is 6.14. The van der Waals surface area contributed by atoms with Gasteiger partial charge in [0.2, 0.25) is 15.9 Å². The molecule has 2 rings (SSSR count). The van der Waals surface area contributed by atoms with Gasteiger partial charge in [0.15, 0.2) is 0 Å². The molecule has 1 aliphatic rings. The normalized spacial score (nSPS) is 17.6. The Balaban J connectivity index is 2.20. The lowest BCUT2D eigenvalue weighted by atomic mass is 10.2. The minimum absolute atomic E-state index is 0.162. The van der Waals surface area contributed by atoms with Gasteiger partial charge in [0.25, 0.3) is 0 Å². The monoisotopic (exact) mass is 374 g/mol. The molecule has 0 bridgehead atoms. The van der Waals surface area contributed by atoms with E-state index in [1.54, 1.807) is 36.1 Å². The van der Waals surface area contributed by atoms with Gasteiger partial charge in [0.1, 0.15) is 6.04 Å². The van der Waals surface area contributed by atoms with E-state index in [9.17, 15) is 13.2 Å². The molecule has 6 nitrogen and oxygen atoms in total. The number of benzene rings is 1. The number of rotatable bonds is 5. The Morgan fingerprint density at radius 1 is 1.29 bits per heavy atom. The smallest absolute Gasteiger partial charge is 0.246 e. The van der Waals surface area contributed by atoms with Crippen LogP contribution < -0.4 is 9.21 Å². The Bertz CT molecular complexity index is 670. The maximum Gasteiger partial charge on any atom is 0.246 e. The second-order valence-corrected chi connectivity index (χ2v) is 8.44. The van der Waals surface area contributed by atoms with Crippen LogP contribution in [0.2, 0.25) is 5.02 Å². The van der Waals surface area contributed by atoms with Crippen LogP contribution in [0.1, 0.15) is 13.8 Å². The number of quaternary nitrogens is 1. The highest BCUT2D eigenvalue weighted by Crippen LogP contribution is 2.23. The number of hydrogen-bond donors (Lipinski definition) is 1. The van der Waals surface area contributed by atoms with Crippen LogP contribution in [0.15, 0.2) is 24.3 Å². The van der Waals surface area contributed by atoms with E-state index in [4.69, 9.17) is 11.6 Å². The topological polar surface area (TPSA) is 62.1 Å². The molecule has 1 aromatic carbocycles. The molecular formula is C16H25ClN3O3S+.